The van der Waals surface area contributed by atoms with Gasteiger partial charge < -0.3 is 20.3 Å². The van der Waals surface area contributed by atoms with E-state index in [1.54, 1.807) is 6.07 Å². The Kier molecular flexibility index (Phi) is 7.05. The summed E-state index contributed by atoms with van der Waals surface area (Å²) in [6.45, 7) is 1.61. The number of nitrogens with one attached hydrogen (secondary N) is 2. The minimum atomic E-state index is -0.313. The lowest BCUT2D eigenvalue weighted by molar-refractivity contribution is 0.323. The third-order valence-electron chi connectivity index (χ3n) is 6.17. The quantitative estimate of drug-likeness (QED) is 0.537. The molecule has 170 valence electrons. The molecule has 0 bridgehead atoms. The number of aromatic nitrogens is 2. The van der Waals surface area contributed by atoms with Crippen molar-refractivity contribution >= 4 is 22.7 Å². The van der Waals surface area contributed by atoms with Crippen LogP contribution < -0.4 is 20.3 Å². The van der Waals surface area contributed by atoms with Gasteiger partial charge in [0.15, 0.2) is 11.6 Å². The molecule has 0 unspecified atom stereocenters. The highest BCUT2D eigenvalue weighted by molar-refractivity contribution is 5.90. The summed E-state index contributed by atoms with van der Waals surface area (Å²) < 4.78 is 18.8. The topological polar surface area (TPSA) is 62.3 Å². The summed E-state index contributed by atoms with van der Waals surface area (Å²) in [5.74, 6) is 2.24. The zero-order chi connectivity index (χ0) is 22.5. The van der Waals surface area contributed by atoms with E-state index in [-0.39, 0.29) is 11.6 Å². The molecule has 0 radical (unpaired) electrons. The summed E-state index contributed by atoms with van der Waals surface area (Å²) in [6, 6.07) is 13.6. The maximum Gasteiger partial charge on any atom is 0.225 e. The molecule has 1 heterocycles. The Balaban J connectivity index is 1.27. The number of fused-ring (bicyclic) bond motifs is 1. The normalized spacial score (nSPS) is 18.5. The van der Waals surface area contributed by atoms with Crippen LogP contribution in [0.4, 0.5) is 16.2 Å². The molecule has 3 aromatic rings. The molecule has 0 spiro atoms. The predicted octanol–water partition coefficient (Wildman–Crippen LogP) is 4.60. The molecule has 1 aliphatic rings. The molecule has 32 heavy (non-hydrogen) atoms. The number of benzene rings is 2. The summed E-state index contributed by atoms with van der Waals surface area (Å²) in [4.78, 5) is 11.5. The fourth-order valence-corrected chi connectivity index (χ4v) is 4.40. The fraction of sp³-hybridized carbons (Fsp3) is 0.440. The van der Waals surface area contributed by atoms with Gasteiger partial charge in [-0.3, -0.25) is 0 Å². The molecule has 1 aliphatic carbocycles. The van der Waals surface area contributed by atoms with E-state index in [1.807, 2.05) is 43.3 Å². The maximum absolute atomic E-state index is 13.8. The van der Waals surface area contributed by atoms with Crippen molar-refractivity contribution in [2.24, 2.45) is 5.92 Å². The highest BCUT2D eigenvalue weighted by atomic mass is 19.1. The molecular weight excluding hydrogens is 405 g/mol. The van der Waals surface area contributed by atoms with E-state index in [0.29, 0.717) is 24.5 Å². The van der Waals surface area contributed by atoms with Gasteiger partial charge in [-0.05, 0) is 68.0 Å². The van der Waals surface area contributed by atoms with Crippen LogP contribution in [-0.4, -0.2) is 43.8 Å². The first-order chi connectivity index (χ1) is 15.5. The van der Waals surface area contributed by atoms with Crippen molar-refractivity contribution < 1.29 is 9.13 Å². The number of halogens is 1. The van der Waals surface area contributed by atoms with E-state index in [0.717, 1.165) is 54.5 Å². The van der Waals surface area contributed by atoms with Gasteiger partial charge in [-0.1, -0.05) is 18.2 Å². The molecule has 1 aromatic heterocycles. The minimum absolute atomic E-state index is 0.285. The number of anilines is 2. The van der Waals surface area contributed by atoms with Crippen molar-refractivity contribution in [3.63, 3.8) is 0 Å². The monoisotopic (exact) mass is 437 g/mol. The number of methoxy groups -OCH3 is 1. The van der Waals surface area contributed by atoms with Crippen molar-refractivity contribution in [2.45, 2.75) is 38.3 Å². The minimum Gasteiger partial charge on any atom is -0.494 e. The molecule has 0 amide bonds. The lowest BCUT2D eigenvalue weighted by atomic mass is 9.86. The number of para-hydroxylation sites is 1. The lowest BCUT2D eigenvalue weighted by Gasteiger charge is -2.29. The van der Waals surface area contributed by atoms with Gasteiger partial charge >= 0.3 is 0 Å². The molecule has 7 heteroatoms. The first-order valence-corrected chi connectivity index (χ1v) is 11.3. The van der Waals surface area contributed by atoms with Gasteiger partial charge in [0, 0.05) is 32.1 Å². The van der Waals surface area contributed by atoms with Crippen LogP contribution >= 0.6 is 0 Å². The number of hydrogen-bond donors (Lipinski definition) is 2. The summed E-state index contributed by atoms with van der Waals surface area (Å²) in [7, 11) is 5.50. The number of hydrogen-bond acceptors (Lipinski definition) is 6. The largest absolute Gasteiger partial charge is 0.494 e. The molecule has 6 nitrogen and oxygen atoms in total. The van der Waals surface area contributed by atoms with Crippen molar-refractivity contribution in [1.82, 2.24) is 15.3 Å². The average molecular weight is 438 g/mol. The van der Waals surface area contributed by atoms with E-state index < -0.39 is 0 Å². The van der Waals surface area contributed by atoms with E-state index in [4.69, 9.17) is 14.7 Å². The van der Waals surface area contributed by atoms with Gasteiger partial charge in [-0.2, -0.15) is 4.98 Å². The summed E-state index contributed by atoms with van der Waals surface area (Å²) in [5, 5.41) is 8.11. The Bertz CT molecular complexity index is 1050. The Morgan fingerprint density at radius 1 is 1.06 bits per heavy atom. The van der Waals surface area contributed by atoms with E-state index in [1.165, 1.54) is 13.2 Å². The molecule has 2 N–H and O–H groups in total. The van der Waals surface area contributed by atoms with Gasteiger partial charge in [-0.25, -0.2) is 9.37 Å². The second-order valence-corrected chi connectivity index (χ2v) is 8.74. The third kappa shape index (κ3) is 5.27. The molecule has 0 aliphatic heterocycles. The van der Waals surface area contributed by atoms with E-state index in [2.05, 4.69) is 16.7 Å². The Morgan fingerprint density at radius 2 is 1.84 bits per heavy atom. The van der Waals surface area contributed by atoms with Crippen molar-refractivity contribution in [2.75, 3.05) is 38.0 Å². The second kappa shape index (κ2) is 10.1. The van der Waals surface area contributed by atoms with Crippen LogP contribution in [0.1, 0.15) is 31.2 Å². The SMILES string of the molecule is COc1ccc(CNCC2CCC(Nc3nc(N(C)C)c4ccccc4n3)CC2)cc1F. The van der Waals surface area contributed by atoms with Crippen molar-refractivity contribution in [1.29, 1.82) is 0 Å². The summed E-state index contributed by atoms with van der Waals surface area (Å²) in [5.41, 5.74) is 1.89. The number of ether oxygens (including phenoxy) is 1. The van der Waals surface area contributed by atoms with Gasteiger partial charge in [0.2, 0.25) is 5.95 Å². The molecule has 0 saturated heterocycles. The van der Waals surface area contributed by atoms with Crippen LogP contribution in [0.25, 0.3) is 10.9 Å². The van der Waals surface area contributed by atoms with Crippen molar-refractivity contribution in [3.8, 4) is 5.75 Å². The fourth-order valence-electron chi connectivity index (χ4n) is 4.40. The van der Waals surface area contributed by atoms with Gasteiger partial charge in [0.05, 0.1) is 12.6 Å². The standard InChI is InChI=1S/C25H32FN5O/c1-31(2)24-20-6-4-5-7-22(20)29-25(30-24)28-19-11-8-17(9-12-19)15-27-16-18-10-13-23(32-3)21(26)14-18/h4-7,10,13-14,17,19,27H,8-9,11-12,15-16H2,1-3H3,(H,28,29,30). The van der Waals surface area contributed by atoms with Gasteiger partial charge in [-0.15, -0.1) is 0 Å². The van der Waals surface area contributed by atoms with Crippen LogP contribution in [0.2, 0.25) is 0 Å². The molecule has 0 atom stereocenters. The summed E-state index contributed by atoms with van der Waals surface area (Å²) in [6.07, 6.45) is 4.49. The third-order valence-corrected chi connectivity index (χ3v) is 6.17. The molecule has 1 saturated carbocycles. The van der Waals surface area contributed by atoms with Crippen LogP contribution in [0, 0.1) is 11.7 Å². The van der Waals surface area contributed by atoms with Gasteiger partial charge in [0.25, 0.3) is 0 Å². The Labute approximate surface area is 189 Å². The first kappa shape index (κ1) is 22.3. The average Bonchev–Trinajstić information content (AvgIpc) is 2.80. The van der Waals surface area contributed by atoms with E-state index in [9.17, 15) is 4.39 Å². The van der Waals surface area contributed by atoms with Gasteiger partial charge in [0.1, 0.15) is 5.82 Å². The number of rotatable bonds is 8. The molecule has 2 aromatic carbocycles. The van der Waals surface area contributed by atoms with Crippen LogP contribution in [0.15, 0.2) is 42.5 Å². The number of nitrogens with zero attached hydrogens (tertiary/aromatic N) is 3. The Hall–Kier alpha value is -2.93. The molecule has 1 fully saturated rings. The Morgan fingerprint density at radius 3 is 2.56 bits per heavy atom. The second-order valence-electron chi connectivity index (χ2n) is 8.74. The zero-order valence-electron chi connectivity index (χ0n) is 19.1. The van der Waals surface area contributed by atoms with E-state index >= 15 is 0 Å². The van der Waals surface area contributed by atoms with Crippen LogP contribution in [-0.2, 0) is 6.54 Å². The zero-order valence-corrected chi connectivity index (χ0v) is 19.1. The lowest BCUT2D eigenvalue weighted by Crippen LogP contribution is -2.31. The predicted molar refractivity (Wildman–Crippen MR) is 128 cm³/mol. The van der Waals surface area contributed by atoms with Crippen LogP contribution in [0.5, 0.6) is 5.75 Å². The van der Waals surface area contributed by atoms with Crippen LogP contribution in [0.3, 0.4) is 0 Å². The summed E-state index contributed by atoms with van der Waals surface area (Å²) >= 11 is 0. The maximum atomic E-state index is 13.8. The smallest absolute Gasteiger partial charge is 0.225 e. The molecule has 4 rings (SSSR count). The highest BCUT2D eigenvalue weighted by Crippen LogP contribution is 2.28. The molecular formula is C25H32FN5O. The van der Waals surface area contributed by atoms with Crippen molar-refractivity contribution in [3.05, 3.63) is 53.8 Å². The first-order valence-electron chi connectivity index (χ1n) is 11.3. The highest BCUT2D eigenvalue weighted by Gasteiger charge is 2.22.